The molecule has 0 aromatic heterocycles. The Balaban J connectivity index is 2.87. The molecule has 0 saturated heterocycles. The summed E-state index contributed by atoms with van der Waals surface area (Å²) in [6, 6.07) is 8.91. The first kappa shape index (κ1) is 10.3. The molecule has 1 aromatic carbocycles. The summed E-state index contributed by atoms with van der Waals surface area (Å²) in [6.45, 7) is 0. The van der Waals surface area contributed by atoms with Crippen molar-refractivity contribution < 1.29 is 9.90 Å². The fourth-order valence-electron chi connectivity index (χ4n) is 0.892. The molecular weight excluding hydrogens is 206 g/mol. The maximum absolute atomic E-state index is 10.4. The lowest BCUT2D eigenvalue weighted by Gasteiger charge is -2.22. The van der Waals surface area contributed by atoms with Crippen LogP contribution in [0.15, 0.2) is 30.3 Å². The molecule has 0 aliphatic heterocycles. The second-order valence-corrected chi connectivity index (χ2v) is 4.16. The van der Waals surface area contributed by atoms with Crippen molar-refractivity contribution in [3.63, 3.8) is 0 Å². The third kappa shape index (κ3) is 2.86. The van der Waals surface area contributed by atoms with Crippen LogP contribution >= 0.6 is 25.3 Å². The first-order valence-corrected chi connectivity index (χ1v) is 4.43. The molecule has 3 nitrogen and oxygen atoms in total. The summed E-state index contributed by atoms with van der Waals surface area (Å²) in [4.78, 5) is 10.4. The van der Waals surface area contributed by atoms with Crippen molar-refractivity contribution in [2.75, 3.05) is 0 Å². The summed E-state index contributed by atoms with van der Waals surface area (Å²) in [6.07, 6.45) is -1.16. The molecule has 13 heavy (non-hydrogen) atoms. The Morgan fingerprint density at radius 2 is 1.85 bits per heavy atom. The molecule has 0 unspecified atom stereocenters. The third-order valence-electron chi connectivity index (χ3n) is 1.46. The van der Waals surface area contributed by atoms with E-state index in [1.54, 1.807) is 24.3 Å². The predicted molar refractivity (Wildman–Crippen MR) is 57.3 cm³/mol. The molecule has 0 spiro atoms. The second kappa shape index (κ2) is 3.93. The Kier molecular flexibility index (Phi) is 3.11. The van der Waals surface area contributed by atoms with E-state index in [2.05, 4.69) is 30.6 Å². The minimum absolute atomic E-state index is 0.684. The van der Waals surface area contributed by atoms with Crippen molar-refractivity contribution in [3.05, 3.63) is 35.9 Å². The molecule has 0 heterocycles. The molecule has 0 atom stereocenters. The number of carbonyl (C=O) groups is 1. The van der Waals surface area contributed by atoms with Crippen molar-refractivity contribution >= 4 is 31.4 Å². The van der Waals surface area contributed by atoms with Crippen LogP contribution in [0.5, 0.6) is 0 Å². The summed E-state index contributed by atoms with van der Waals surface area (Å²) in [7, 11) is 0. The predicted octanol–water partition coefficient (Wildman–Crippen LogP) is 1.92. The number of hydrogen-bond acceptors (Lipinski definition) is 3. The number of benzene rings is 1. The molecule has 0 fully saturated rings. The van der Waals surface area contributed by atoms with E-state index in [1.807, 2.05) is 6.07 Å². The Morgan fingerprint density at radius 3 is 2.31 bits per heavy atom. The Bertz CT molecular complexity index is 300. The van der Waals surface area contributed by atoms with Gasteiger partial charge in [0.1, 0.15) is 0 Å². The molecule has 2 N–H and O–H groups in total. The van der Waals surface area contributed by atoms with Gasteiger partial charge in [0.05, 0.1) is 0 Å². The summed E-state index contributed by atoms with van der Waals surface area (Å²) >= 11 is 8.18. The SMILES string of the molecule is O=C(O)NC(S)(S)c1ccccc1. The van der Waals surface area contributed by atoms with Crippen molar-refractivity contribution in [1.29, 1.82) is 0 Å². The Morgan fingerprint density at radius 1 is 1.31 bits per heavy atom. The van der Waals surface area contributed by atoms with Crippen LogP contribution in [0.1, 0.15) is 5.56 Å². The highest BCUT2D eigenvalue weighted by Crippen LogP contribution is 2.28. The molecule has 1 aromatic rings. The molecule has 0 aliphatic carbocycles. The van der Waals surface area contributed by atoms with E-state index in [9.17, 15) is 4.79 Å². The van der Waals surface area contributed by atoms with Crippen molar-refractivity contribution in [3.8, 4) is 0 Å². The zero-order chi connectivity index (χ0) is 9.90. The van der Waals surface area contributed by atoms with Gasteiger partial charge in [-0.15, -0.1) is 25.3 Å². The molecule has 1 amide bonds. The number of amides is 1. The van der Waals surface area contributed by atoms with Crippen LogP contribution in [0, 0.1) is 0 Å². The molecule has 0 radical (unpaired) electrons. The van der Waals surface area contributed by atoms with Gasteiger partial charge in [-0.1, -0.05) is 30.3 Å². The lowest BCUT2D eigenvalue weighted by atomic mass is 10.2. The lowest BCUT2D eigenvalue weighted by molar-refractivity contribution is 0.192. The largest absolute Gasteiger partial charge is 0.465 e. The van der Waals surface area contributed by atoms with Gasteiger partial charge in [0.2, 0.25) is 0 Å². The second-order valence-electron chi connectivity index (χ2n) is 2.47. The summed E-state index contributed by atoms with van der Waals surface area (Å²) in [5, 5.41) is 10.7. The summed E-state index contributed by atoms with van der Waals surface area (Å²) in [5.74, 6) is 0. The molecule has 0 saturated carbocycles. The molecule has 1 rings (SSSR count). The van der Waals surface area contributed by atoms with Crippen molar-refractivity contribution in [1.82, 2.24) is 5.32 Å². The fourth-order valence-corrected chi connectivity index (χ4v) is 1.38. The minimum atomic E-state index is -1.16. The van der Waals surface area contributed by atoms with Crippen LogP contribution in [0.4, 0.5) is 4.79 Å². The van der Waals surface area contributed by atoms with E-state index in [4.69, 9.17) is 5.11 Å². The van der Waals surface area contributed by atoms with Gasteiger partial charge in [-0.05, 0) is 5.56 Å². The molecule has 0 bridgehead atoms. The Labute approximate surface area is 87.0 Å². The van der Waals surface area contributed by atoms with E-state index in [-0.39, 0.29) is 0 Å². The number of carboxylic acid groups (broad SMARTS) is 1. The van der Waals surface area contributed by atoms with Gasteiger partial charge in [0.15, 0.2) is 4.20 Å². The van der Waals surface area contributed by atoms with Gasteiger partial charge < -0.3 is 5.11 Å². The van der Waals surface area contributed by atoms with Crippen LogP contribution in [0.3, 0.4) is 0 Å². The standard InChI is InChI=1S/C8H9NO2S2/c10-7(11)9-8(12,13)6-4-2-1-3-5-6/h1-5,9,12-13H,(H,10,11). The number of rotatable bonds is 2. The van der Waals surface area contributed by atoms with Gasteiger partial charge in [-0.3, -0.25) is 5.32 Å². The van der Waals surface area contributed by atoms with Crippen LogP contribution in [0.2, 0.25) is 0 Å². The number of hydrogen-bond donors (Lipinski definition) is 4. The molecular formula is C8H9NO2S2. The normalized spacial score (nSPS) is 10.9. The molecule has 5 heteroatoms. The van der Waals surface area contributed by atoms with Crippen molar-refractivity contribution in [2.24, 2.45) is 0 Å². The topological polar surface area (TPSA) is 49.3 Å². The van der Waals surface area contributed by atoms with E-state index >= 15 is 0 Å². The zero-order valence-corrected chi connectivity index (χ0v) is 8.43. The maximum Gasteiger partial charge on any atom is 0.406 e. The van der Waals surface area contributed by atoms with Gasteiger partial charge in [0, 0.05) is 0 Å². The van der Waals surface area contributed by atoms with Crippen LogP contribution < -0.4 is 5.32 Å². The van der Waals surface area contributed by atoms with E-state index in [0.717, 1.165) is 0 Å². The first-order chi connectivity index (χ1) is 6.02. The van der Waals surface area contributed by atoms with Gasteiger partial charge in [0.25, 0.3) is 0 Å². The number of nitrogens with one attached hydrogen (secondary N) is 1. The molecule has 0 aliphatic rings. The lowest BCUT2D eigenvalue weighted by Crippen LogP contribution is -2.35. The van der Waals surface area contributed by atoms with E-state index in [0.29, 0.717) is 5.56 Å². The van der Waals surface area contributed by atoms with Gasteiger partial charge >= 0.3 is 6.09 Å². The van der Waals surface area contributed by atoms with Crippen LogP contribution in [-0.4, -0.2) is 11.2 Å². The molecule has 70 valence electrons. The highest BCUT2D eigenvalue weighted by atomic mass is 32.2. The average Bonchev–Trinajstić information content (AvgIpc) is 2.04. The minimum Gasteiger partial charge on any atom is -0.465 e. The average molecular weight is 215 g/mol. The highest BCUT2D eigenvalue weighted by molar-refractivity contribution is 7.99. The van der Waals surface area contributed by atoms with E-state index in [1.165, 1.54) is 0 Å². The van der Waals surface area contributed by atoms with Crippen molar-refractivity contribution in [2.45, 2.75) is 4.20 Å². The summed E-state index contributed by atoms with van der Waals surface area (Å²) < 4.78 is -1.15. The van der Waals surface area contributed by atoms with Gasteiger partial charge in [-0.25, -0.2) is 4.79 Å². The monoisotopic (exact) mass is 215 g/mol. The third-order valence-corrected chi connectivity index (χ3v) is 2.20. The summed E-state index contributed by atoms with van der Waals surface area (Å²) in [5.41, 5.74) is 0.684. The fraction of sp³-hybridized carbons (Fsp3) is 0.125. The highest BCUT2D eigenvalue weighted by Gasteiger charge is 2.24. The zero-order valence-electron chi connectivity index (χ0n) is 6.64. The maximum atomic E-state index is 10.4. The Hall–Kier alpha value is -0.810. The number of thiol groups is 2. The van der Waals surface area contributed by atoms with Crippen LogP contribution in [-0.2, 0) is 4.20 Å². The smallest absolute Gasteiger partial charge is 0.406 e. The van der Waals surface area contributed by atoms with Gasteiger partial charge in [-0.2, -0.15) is 0 Å². The van der Waals surface area contributed by atoms with Crippen LogP contribution in [0.25, 0.3) is 0 Å². The quantitative estimate of drug-likeness (QED) is 0.450. The first-order valence-electron chi connectivity index (χ1n) is 3.54. The van der Waals surface area contributed by atoms with E-state index < -0.39 is 10.3 Å².